The molecule has 6 saturated carbocycles. The maximum absolute atomic E-state index is 7.19. The Morgan fingerprint density at radius 1 is 0.727 bits per heavy atom. The molecule has 6 fully saturated rings. The zero-order chi connectivity index (χ0) is 16.0. The standard InChI is InChI=1S/C20H34BCl/c1-11-15-7-13(19(15,3)4)9-17(11)21(22)18-10-14-8-16(12(18)2)20(14,5)6/h11-18H,7-10H2,1-6H3/t11-,12-,13+,14+,15+,16+,17+,18+/m0/s1. The van der Waals surface area contributed by atoms with Gasteiger partial charge in [-0.1, -0.05) is 54.4 Å². The molecule has 0 amide bonds. The van der Waals surface area contributed by atoms with Gasteiger partial charge < -0.3 is 0 Å². The van der Waals surface area contributed by atoms with Crippen molar-refractivity contribution in [2.45, 2.75) is 78.9 Å². The third-order valence-electron chi connectivity index (χ3n) is 9.64. The van der Waals surface area contributed by atoms with Crippen LogP contribution in [0.25, 0.3) is 0 Å². The molecule has 6 aliphatic rings. The molecular formula is C20H34BCl. The van der Waals surface area contributed by atoms with Gasteiger partial charge in [0, 0.05) is 0 Å². The van der Waals surface area contributed by atoms with Crippen LogP contribution < -0.4 is 0 Å². The van der Waals surface area contributed by atoms with Crippen molar-refractivity contribution in [3.8, 4) is 0 Å². The minimum atomic E-state index is 0.438. The molecule has 4 bridgehead atoms. The van der Waals surface area contributed by atoms with Gasteiger partial charge in [0.05, 0.1) is 0 Å². The zero-order valence-corrected chi connectivity index (χ0v) is 16.2. The van der Waals surface area contributed by atoms with E-state index in [-0.39, 0.29) is 0 Å². The van der Waals surface area contributed by atoms with Crippen LogP contribution in [-0.2, 0) is 0 Å². The Morgan fingerprint density at radius 2 is 1.09 bits per heavy atom. The lowest BCUT2D eigenvalue weighted by Gasteiger charge is -2.65. The minimum Gasteiger partial charge on any atom is -0.195 e. The lowest BCUT2D eigenvalue weighted by molar-refractivity contribution is -0.106. The third-order valence-corrected chi connectivity index (χ3v) is 10.3. The molecule has 0 aromatic rings. The number of halogens is 1. The predicted molar refractivity (Wildman–Crippen MR) is 97.4 cm³/mol. The van der Waals surface area contributed by atoms with E-state index < -0.39 is 0 Å². The largest absolute Gasteiger partial charge is 0.257 e. The highest BCUT2D eigenvalue weighted by Crippen LogP contribution is 2.69. The highest BCUT2D eigenvalue weighted by atomic mass is 35.5. The molecule has 0 aromatic heterocycles. The van der Waals surface area contributed by atoms with Crippen molar-refractivity contribution < 1.29 is 0 Å². The van der Waals surface area contributed by atoms with E-state index in [4.69, 9.17) is 11.5 Å². The van der Waals surface area contributed by atoms with Crippen LogP contribution in [0.4, 0.5) is 0 Å². The van der Waals surface area contributed by atoms with Gasteiger partial charge in [0.1, 0.15) is 0 Å². The Bertz CT molecular complexity index is 428. The summed E-state index contributed by atoms with van der Waals surface area (Å²) in [5.74, 6) is 7.00. The van der Waals surface area contributed by atoms with Crippen LogP contribution in [0.1, 0.15) is 67.2 Å². The van der Waals surface area contributed by atoms with Gasteiger partial charge in [-0.25, -0.2) is 0 Å². The van der Waals surface area contributed by atoms with E-state index in [9.17, 15) is 0 Å². The van der Waals surface area contributed by atoms with Crippen LogP contribution in [0, 0.1) is 46.3 Å². The van der Waals surface area contributed by atoms with Crippen LogP contribution in [0.2, 0.25) is 11.6 Å². The quantitative estimate of drug-likeness (QED) is 0.519. The molecule has 2 heteroatoms. The van der Waals surface area contributed by atoms with Crippen molar-refractivity contribution in [3.05, 3.63) is 0 Å². The summed E-state index contributed by atoms with van der Waals surface area (Å²) in [6.07, 6.45) is 6.20. The molecule has 0 aliphatic heterocycles. The molecule has 0 aromatic carbocycles. The second kappa shape index (κ2) is 4.71. The molecule has 0 saturated heterocycles. The summed E-state index contributed by atoms with van der Waals surface area (Å²) >= 11 is 7.19. The average molecular weight is 321 g/mol. The molecule has 6 aliphatic carbocycles. The minimum absolute atomic E-state index is 0.438. The molecule has 22 heavy (non-hydrogen) atoms. The van der Waals surface area contributed by atoms with Gasteiger partial charge in [-0.3, -0.25) is 0 Å². The molecule has 0 nitrogen and oxygen atoms in total. The van der Waals surface area contributed by atoms with E-state index in [0.717, 1.165) is 47.1 Å². The highest BCUT2D eigenvalue weighted by molar-refractivity contribution is 7.08. The monoisotopic (exact) mass is 320 g/mol. The van der Waals surface area contributed by atoms with Crippen molar-refractivity contribution in [2.75, 3.05) is 0 Å². The first-order valence-electron chi connectivity index (χ1n) is 9.79. The van der Waals surface area contributed by atoms with Crippen molar-refractivity contribution in [1.82, 2.24) is 0 Å². The van der Waals surface area contributed by atoms with Crippen molar-refractivity contribution in [1.29, 1.82) is 0 Å². The summed E-state index contributed by atoms with van der Waals surface area (Å²) < 4.78 is 0. The first-order chi connectivity index (χ1) is 10.2. The van der Waals surface area contributed by atoms with Crippen LogP contribution in [0.3, 0.4) is 0 Å². The normalized spacial score (nSPS) is 54.1. The van der Waals surface area contributed by atoms with Gasteiger partial charge >= 0.3 is 0 Å². The van der Waals surface area contributed by atoms with Crippen LogP contribution in [0.15, 0.2) is 0 Å². The zero-order valence-electron chi connectivity index (χ0n) is 15.4. The Kier molecular flexibility index (Phi) is 3.39. The summed E-state index contributed by atoms with van der Waals surface area (Å²) in [6.45, 7) is 15.0. The fourth-order valence-corrected chi connectivity index (χ4v) is 8.20. The van der Waals surface area contributed by atoms with Gasteiger partial charge in [-0.15, -0.1) is 0 Å². The molecule has 124 valence electrons. The number of hydrogen-bond acceptors (Lipinski definition) is 0. The van der Waals surface area contributed by atoms with E-state index in [1.807, 2.05) is 0 Å². The van der Waals surface area contributed by atoms with Gasteiger partial charge in [-0.05, 0) is 70.8 Å². The smallest absolute Gasteiger partial charge is 0.195 e. The van der Waals surface area contributed by atoms with Crippen molar-refractivity contribution in [2.24, 2.45) is 46.3 Å². The summed E-state index contributed by atoms with van der Waals surface area (Å²) in [4.78, 5) is 0. The lowest BCUT2D eigenvalue weighted by atomic mass is 9.30. The Morgan fingerprint density at radius 3 is 1.36 bits per heavy atom. The fourth-order valence-electron chi connectivity index (χ4n) is 7.54. The molecule has 0 spiro atoms. The van der Waals surface area contributed by atoms with Crippen molar-refractivity contribution >= 4 is 17.6 Å². The fraction of sp³-hybridized carbons (Fsp3) is 1.00. The summed E-state index contributed by atoms with van der Waals surface area (Å²) in [6, 6.07) is 0. The Labute approximate surface area is 143 Å². The Hall–Kier alpha value is 0.355. The molecule has 0 radical (unpaired) electrons. The predicted octanol–water partition coefficient (Wildman–Crippen LogP) is 6.36. The summed E-state index contributed by atoms with van der Waals surface area (Å²) in [5.41, 5.74) is 1.18. The van der Waals surface area contributed by atoms with Crippen molar-refractivity contribution in [3.63, 3.8) is 0 Å². The van der Waals surface area contributed by atoms with Gasteiger partial charge in [0.25, 0.3) is 6.13 Å². The molecule has 0 heterocycles. The first kappa shape index (κ1) is 15.9. The van der Waals surface area contributed by atoms with E-state index in [0.29, 0.717) is 17.0 Å². The molecule has 0 N–H and O–H groups in total. The second-order valence-corrected chi connectivity index (χ2v) is 11.2. The summed E-state index contributed by atoms with van der Waals surface area (Å²) in [5, 5.41) is 0. The van der Waals surface area contributed by atoms with E-state index in [1.54, 1.807) is 0 Å². The van der Waals surface area contributed by atoms with Gasteiger partial charge in [0.2, 0.25) is 0 Å². The van der Waals surface area contributed by atoms with Crippen LogP contribution in [-0.4, -0.2) is 6.13 Å². The van der Waals surface area contributed by atoms with E-state index in [1.165, 1.54) is 25.7 Å². The SMILES string of the molecule is C[C@H]1[C@H]2C[C@H](C[C@H]1B(Cl)[C@@H]1C[C@H]3C[C@H]([C@@H]1C)C3(C)C)C2(C)C. The third kappa shape index (κ3) is 1.84. The summed E-state index contributed by atoms with van der Waals surface area (Å²) in [7, 11) is 0. The maximum atomic E-state index is 7.19. The molecule has 8 atom stereocenters. The highest BCUT2D eigenvalue weighted by Gasteiger charge is 2.62. The maximum Gasteiger partial charge on any atom is 0.257 e. The van der Waals surface area contributed by atoms with Crippen LogP contribution in [0.5, 0.6) is 0 Å². The Balaban J connectivity index is 1.49. The van der Waals surface area contributed by atoms with Gasteiger partial charge in [0.15, 0.2) is 0 Å². The topological polar surface area (TPSA) is 0 Å². The van der Waals surface area contributed by atoms with Crippen LogP contribution >= 0.6 is 11.5 Å². The number of hydrogen-bond donors (Lipinski definition) is 0. The second-order valence-electron chi connectivity index (χ2n) is 10.7. The molecule has 6 rings (SSSR count). The first-order valence-corrected chi connectivity index (χ1v) is 10.2. The average Bonchev–Trinajstić information content (AvgIpc) is 2.45. The lowest BCUT2D eigenvalue weighted by Crippen LogP contribution is -2.58. The number of rotatable bonds is 2. The van der Waals surface area contributed by atoms with E-state index in [2.05, 4.69) is 41.5 Å². The van der Waals surface area contributed by atoms with Gasteiger partial charge in [-0.2, -0.15) is 11.5 Å². The molecule has 0 unspecified atom stereocenters. The van der Waals surface area contributed by atoms with E-state index >= 15 is 0 Å². The number of fused-ring (bicyclic) bond motifs is 4. The molecular weight excluding hydrogens is 286 g/mol.